The second-order valence-electron chi connectivity index (χ2n) is 6.05. The van der Waals surface area contributed by atoms with Gasteiger partial charge in [-0.1, -0.05) is 0 Å². The van der Waals surface area contributed by atoms with E-state index in [0.29, 0.717) is 19.4 Å². The highest BCUT2D eigenvalue weighted by atomic mass is 16.2. The van der Waals surface area contributed by atoms with E-state index in [1.807, 2.05) is 19.1 Å². The van der Waals surface area contributed by atoms with Crippen LogP contribution >= 0.6 is 0 Å². The Morgan fingerprint density at radius 2 is 1.82 bits per heavy atom. The molecule has 0 aliphatic carbocycles. The van der Waals surface area contributed by atoms with E-state index in [-0.39, 0.29) is 11.9 Å². The van der Waals surface area contributed by atoms with Crippen LogP contribution in [-0.2, 0) is 11.3 Å². The number of hydrogen-bond acceptors (Lipinski definition) is 4. The Kier molecular flexibility index (Phi) is 3.87. The van der Waals surface area contributed by atoms with Gasteiger partial charge in [0, 0.05) is 45.6 Å². The van der Waals surface area contributed by atoms with Crippen LogP contribution in [0, 0.1) is 0 Å². The lowest BCUT2D eigenvalue weighted by Gasteiger charge is -2.41. The van der Waals surface area contributed by atoms with E-state index in [9.17, 15) is 9.59 Å². The van der Waals surface area contributed by atoms with Crippen LogP contribution in [0.1, 0.15) is 25.3 Å². The number of amides is 3. The molecule has 0 unspecified atom stereocenters. The Balaban J connectivity index is 1.70. The Morgan fingerprint density at radius 3 is 2.41 bits per heavy atom. The third-order valence-corrected chi connectivity index (χ3v) is 4.89. The van der Waals surface area contributed by atoms with Crippen molar-refractivity contribution in [3.63, 3.8) is 0 Å². The summed E-state index contributed by atoms with van der Waals surface area (Å²) in [5, 5.41) is 0. The minimum Gasteiger partial charge on any atom is -0.310 e. The molecule has 0 radical (unpaired) electrons. The van der Waals surface area contributed by atoms with Crippen molar-refractivity contribution in [3.05, 3.63) is 30.1 Å². The lowest BCUT2D eigenvalue weighted by atomic mass is 9.85. The highest BCUT2D eigenvalue weighted by molar-refractivity contribution is 6.06. The predicted molar refractivity (Wildman–Crippen MR) is 82.0 cm³/mol. The Labute approximate surface area is 130 Å². The number of pyridine rings is 1. The van der Waals surface area contributed by atoms with E-state index in [1.54, 1.807) is 24.3 Å². The average molecular weight is 302 g/mol. The van der Waals surface area contributed by atoms with Gasteiger partial charge in [-0.25, -0.2) is 4.79 Å². The molecule has 2 fully saturated rings. The van der Waals surface area contributed by atoms with Crippen molar-refractivity contribution in [2.75, 3.05) is 26.7 Å². The number of carbonyl (C=O) groups is 2. The molecule has 0 saturated carbocycles. The van der Waals surface area contributed by atoms with Gasteiger partial charge in [0.15, 0.2) is 0 Å². The fourth-order valence-electron chi connectivity index (χ4n) is 3.63. The van der Waals surface area contributed by atoms with E-state index in [0.717, 1.165) is 19.6 Å². The number of rotatable bonds is 3. The van der Waals surface area contributed by atoms with Gasteiger partial charge >= 0.3 is 6.03 Å². The summed E-state index contributed by atoms with van der Waals surface area (Å²) in [6, 6.07) is 3.87. The van der Waals surface area contributed by atoms with Crippen LogP contribution in [0.15, 0.2) is 24.5 Å². The van der Waals surface area contributed by atoms with Crippen LogP contribution in [0.4, 0.5) is 4.79 Å². The number of likely N-dealkylation sites (N-methyl/N-ethyl adjacent to an activating group) is 2. The van der Waals surface area contributed by atoms with Crippen LogP contribution in [0.5, 0.6) is 0 Å². The van der Waals surface area contributed by atoms with Gasteiger partial charge in [-0.15, -0.1) is 0 Å². The fourth-order valence-corrected chi connectivity index (χ4v) is 3.63. The summed E-state index contributed by atoms with van der Waals surface area (Å²) in [5.74, 6) is -0.0390. The van der Waals surface area contributed by atoms with Gasteiger partial charge in [0.05, 0.1) is 0 Å². The summed E-state index contributed by atoms with van der Waals surface area (Å²) in [6.07, 6.45) is 5.02. The largest absolute Gasteiger partial charge is 0.327 e. The van der Waals surface area contributed by atoms with Crippen molar-refractivity contribution in [1.29, 1.82) is 0 Å². The van der Waals surface area contributed by atoms with E-state index in [2.05, 4.69) is 9.88 Å². The van der Waals surface area contributed by atoms with Crippen LogP contribution in [0.3, 0.4) is 0 Å². The third kappa shape index (κ3) is 2.27. The minimum atomic E-state index is -0.616. The SMILES string of the molecule is CCN1C(=O)N(C)C(=O)C12CCN(Cc1ccncc1)CC2. The fraction of sp³-hybridized carbons (Fsp3) is 0.562. The molecule has 3 amide bonds. The lowest BCUT2D eigenvalue weighted by molar-refractivity contribution is -0.134. The molecule has 0 N–H and O–H groups in total. The molecule has 3 rings (SSSR count). The smallest absolute Gasteiger partial charge is 0.310 e. The molecule has 2 aliphatic heterocycles. The number of urea groups is 1. The molecular formula is C16H22N4O2. The van der Waals surface area contributed by atoms with Crippen molar-refractivity contribution in [1.82, 2.24) is 19.7 Å². The van der Waals surface area contributed by atoms with Crippen molar-refractivity contribution in [3.8, 4) is 0 Å². The number of piperidine rings is 1. The van der Waals surface area contributed by atoms with Gasteiger partial charge in [-0.3, -0.25) is 19.6 Å². The van der Waals surface area contributed by atoms with Gasteiger partial charge in [0.1, 0.15) is 5.54 Å². The Hall–Kier alpha value is -1.95. The number of nitrogens with zero attached hydrogens (tertiary/aromatic N) is 4. The Bertz CT molecular complexity index is 567. The second-order valence-corrected chi connectivity index (χ2v) is 6.05. The molecule has 0 bridgehead atoms. The molecule has 0 atom stereocenters. The molecule has 1 aromatic rings. The molecule has 6 heteroatoms. The summed E-state index contributed by atoms with van der Waals surface area (Å²) in [6.45, 7) is 5.04. The molecular weight excluding hydrogens is 280 g/mol. The van der Waals surface area contributed by atoms with Gasteiger partial charge in [-0.2, -0.15) is 0 Å². The van der Waals surface area contributed by atoms with Crippen LogP contribution in [0.2, 0.25) is 0 Å². The maximum Gasteiger partial charge on any atom is 0.327 e. The predicted octanol–water partition coefficient (Wildman–Crippen LogP) is 1.33. The summed E-state index contributed by atoms with van der Waals surface area (Å²) in [7, 11) is 1.59. The van der Waals surface area contributed by atoms with Gasteiger partial charge in [0.2, 0.25) is 0 Å². The third-order valence-electron chi connectivity index (χ3n) is 4.89. The number of carbonyl (C=O) groups excluding carboxylic acids is 2. The number of likely N-dealkylation sites (tertiary alicyclic amines) is 1. The first-order valence-electron chi connectivity index (χ1n) is 7.79. The quantitative estimate of drug-likeness (QED) is 0.791. The molecule has 1 spiro atoms. The van der Waals surface area contributed by atoms with Crippen LogP contribution in [0.25, 0.3) is 0 Å². The van der Waals surface area contributed by atoms with E-state index >= 15 is 0 Å². The highest BCUT2D eigenvalue weighted by Gasteiger charge is 2.56. The van der Waals surface area contributed by atoms with E-state index in [4.69, 9.17) is 0 Å². The zero-order valence-corrected chi connectivity index (χ0v) is 13.2. The summed E-state index contributed by atoms with van der Waals surface area (Å²) in [4.78, 5) is 34.2. The zero-order valence-electron chi connectivity index (χ0n) is 13.2. The molecule has 2 saturated heterocycles. The maximum atomic E-state index is 12.6. The molecule has 3 heterocycles. The first kappa shape index (κ1) is 15.0. The summed E-state index contributed by atoms with van der Waals surface area (Å²) >= 11 is 0. The maximum absolute atomic E-state index is 12.6. The highest BCUT2D eigenvalue weighted by Crippen LogP contribution is 2.36. The minimum absolute atomic E-state index is 0.0390. The topological polar surface area (TPSA) is 56.8 Å². The van der Waals surface area contributed by atoms with Crippen molar-refractivity contribution in [2.45, 2.75) is 31.8 Å². The molecule has 1 aromatic heterocycles. The van der Waals surface area contributed by atoms with Gasteiger partial charge in [-0.05, 0) is 37.5 Å². The molecule has 6 nitrogen and oxygen atoms in total. The summed E-state index contributed by atoms with van der Waals surface area (Å²) in [5.41, 5.74) is 0.610. The molecule has 118 valence electrons. The number of aromatic nitrogens is 1. The van der Waals surface area contributed by atoms with E-state index < -0.39 is 5.54 Å². The molecule has 2 aliphatic rings. The normalized spacial score (nSPS) is 21.9. The lowest BCUT2D eigenvalue weighted by Crippen LogP contribution is -2.56. The van der Waals surface area contributed by atoms with Crippen molar-refractivity contribution in [2.24, 2.45) is 0 Å². The van der Waals surface area contributed by atoms with E-state index in [1.165, 1.54) is 10.5 Å². The number of imide groups is 1. The van der Waals surface area contributed by atoms with Crippen LogP contribution < -0.4 is 0 Å². The zero-order chi connectivity index (χ0) is 15.7. The first-order chi connectivity index (χ1) is 10.6. The van der Waals surface area contributed by atoms with Crippen molar-refractivity contribution >= 4 is 11.9 Å². The van der Waals surface area contributed by atoms with Gasteiger partial charge in [0.25, 0.3) is 5.91 Å². The molecule has 22 heavy (non-hydrogen) atoms. The summed E-state index contributed by atoms with van der Waals surface area (Å²) < 4.78 is 0. The monoisotopic (exact) mass is 302 g/mol. The Morgan fingerprint density at radius 1 is 1.18 bits per heavy atom. The van der Waals surface area contributed by atoms with Crippen molar-refractivity contribution < 1.29 is 9.59 Å². The standard InChI is InChI=1S/C16H22N4O2/c1-3-20-15(22)18(2)14(21)16(20)6-10-19(11-7-16)12-13-4-8-17-9-5-13/h4-5,8-9H,3,6-7,10-12H2,1-2H3. The van der Waals surface area contributed by atoms with Gasteiger partial charge < -0.3 is 4.90 Å². The molecule has 0 aromatic carbocycles. The average Bonchev–Trinajstić information content (AvgIpc) is 2.72. The number of hydrogen-bond donors (Lipinski definition) is 0. The second kappa shape index (κ2) is 5.68. The van der Waals surface area contributed by atoms with Crippen LogP contribution in [-0.4, -0.2) is 63.8 Å². The first-order valence-corrected chi connectivity index (χ1v) is 7.79.